The summed E-state index contributed by atoms with van der Waals surface area (Å²) < 4.78 is 0. The molecule has 1 aliphatic heterocycles. The van der Waals surface area contributed by atoms with E-state index in [0.717, 1.165) is 31.2 Å². The molecular weight excluding hydrogens is 300 g/mol. The van der Waals surface area contributed by atoms with Crippen LogP contribution in [0.2, 0.25) is 0 Å². The molecule has 2 rings (SSSR count). The lowest BCUT2D eigenvalue weighted by Crippen LogP contribution is -2.42. The number of aliphatic hydroxyl groups excluding tert-OH is 1. The molecular formula is C19H32N4O. The first-order valence-corrected chi connectivity index (χ1v) is 9.18. The van der Waals surface area contributed by atoms with E-state index >= 15 is 0 Å². The van der Waals surface area contributed by atoms with Gasteiger partial charge in [0.1, 0.15) is 0 Å². The molecule has 5 nitrogen and oxygen atoms in total. The van der Waals surface area contributed by atoms with E-state index in [0.29, 0.717) is 6.54 Å². The number of rotatable bonds is 7. The minimum absolute atomic E-state index is 0.363. The minimum Gasteiger partial charge on any atom is -0.386 e. The SMILES string of the molecule is CCNC(=NCC(O)c1ccc(C)cc1)NCCN1CCCCC1. The Hall–Kier alpha value is -1.59. The molecule has 3 N–H and O–H groups in total. The first-order valence-electron chi connectivity index (χ1n) is 9.18. The number of benzene rings is 1. The standard InChI is InChI=1S/C19H32N4O/c1-3-20-19(21-11-14-23-12-5-4-6-13-23)22-15-18(24)17-9-7-16(2)8-10-17/h7-10,18,24H,3-6,11-15H2,1-2H3,(H2,20,21,22). The van der Waals surface area contributed by atoms with E-state index in [9.17, 15) is 5.11 Å². The number of guanidine groups is 1. The third-order valence-electron chi connectivity index (χ3n) is 4.40. The predicted octanol–water partition coefficient (Wildman–Crippen LogP) is 2.07. The van der Waals surface area contributed by atoms with Gasteiger partial charge in [-0.1, -0.05) is 36.2 Å². The highest BCUT2D eigenvalue weighted by Crippen LogP contribution is 2.13. The minimum atomic E-state index is -0.567. The molecule has 24 heavy (non-hydrogen) atoms. The van der Waals surface area contributed by atoms with Gasteiger partial charge in [0, 0.05) is 19.6 Å². The summed E-state index contributed by atoms with van der Waals surface area (Å²) in [6.07, 6.45) is 3.43. The molecule has 1 atom stereocenters. The second-order valence-corrected chi connectivity index (χ2v) is 6.48. The molecule has 134 valence electrons. The average Bonchev–Trinajstić information content (AvgIpc) is 2.61. The molecule has 0 radical (unpaired) electrons. The monoisotopic (exact) mass is 332 g/mol. The highest BCUT2D eigenvalue weighted by atomic mass is 16.3. The molecule has 5 heteroatoms. The Bertz CT molecular complexity index is 495. The van der Waals surface area contributed by atoms with Crippen LogP contribution in [-0.4, -0.2) is 55.2 Å². The van der Waals surface area contributed by atoms with E-state index in [2.05, 4.69) is 27.4 Å². The summed E-state index contributed by atoms with van der Waals surface area (Å²) in [4.78, 5) is 7.02. The topological polar surface area (TPSA) is 59.9 Å². The van der Waals surface area contributed by atoms with E-state index in [1.165, 1.54) is 37.9 Å². The Morgan fingerprint density at radius 2 is 1.88 bits per heavy atom. The molecule has 0 spiro atoms. The molecule has 1 aromatic rings. The number of aryl methyl sites for hydroxylation is 1. The van der Waals surface area contributed by atoms with Crippen molar-refractivity contribution in [1.82, 2.24) is 15.5 Å². The number of hydrogen-bond acceptors (Lipinski definition) is 3. The maximum absolute atomic E-state index is 10.3. The van der Waals surface area contributed by atoms with Gasteiger partial charge in [0.05, 0.1) is 12.6 Å². The molecule has 1 unspecified atom stereocenters. The molecule has 0 saturated carbocycles. The third-order valence-corrected chi connectivity index (χ3v) is 4.40. The van der Waals surface area contributed by atoms with Crippen molar-refractivity contribution in [3.8, 4) is 0 Å². The summed E-state index contributed by atoms with van der Waals surface area (Å²) in [6.45, 7) is 9.63. The van der Waals surface area contributed by atoms with Gasteiger partial charge in [-0.3, -0.25) is 4.99 Å². The molecule has 1 fully saturated rings. The summed E-state index contributed by atoms with van der Waals surface area (Å²) in [5.74, 6) is 0.778. The lowest BCUT2D eigenvalue weighted by Gasteiger charge is -2.26. The van der Waals surface area contributed by atoms with Gasteiger partial charge >= 0.3 is 0 Å². The summed E-state index contributed by atoms with van der Waals surface area (Å²) in [5.41, 5.74) is 2.11. The Morgan fingerprint density at radius 1 is 1.17 bits per heavy atom. The van der Waals surface area contributed by atoms with E-state index in [1.807, 2.05) is 31.2 Å². The summed E-state index contributed by atoms with van der Waals surface area (Å²) in [6, 6.07) is 7.97. The molecule has 0 aliphatic carbocycles. The van der Waals surface area contributed by atoms with Gasteiger partial charge in [-0.25, -0.2) is 0 Å². The summed E-state index contributed by atoms with van der Waals surface area (Å²) in [7, 11) is 0. The lowest BCUT2D eigenvalue weighted by molar-refractivity contribution is 0.187. The summed E-state index contributed by atoms with van der Waals surface area (Å²) >= 11 is 0. The number of likely N-dealkylation sites (tertiary alicyclic amines) is 1. The van der Waals surface area contributed by atoms with E-state index in [4.69, 9.17) is 0 Å². The van der Waals surface area contributed by atoms with Gasteiger partial charge in [-0.05, 0) is 45.3 Å². The van der Waals surface area contributed by atoms with Crippen LogP contribution in [0, 0.1) is 6.92 Å². The zero-order chi connectivity index (χ0) is 17.2. The van der Waals surface area contributed by atoms with Gasteiger partial charge in [0.15, 0.2) is 5.96 Å². The van der Waals surface area contributed by atoms with Crippen LogP contribution in [0.4, 0.5) is 0 Å². The fourth-order valence-electron chi connectivity index (χ4n) is 2.93. The number of aliphatic imine (C=N–C) groups is 1. The van der Waals surface area contributed by atoms with Crippen molar-refractivity contribution in [3.05, 3.63) is 35.4 Å². The normalized spacial score (nSPS) is 17.5. The van der Waals surface area contributed by atoms with Crippen LogP contribution in [-0.2, 0) is 0 Å². The maximum atomic E-state index is 10.3. The van der Waals surface area contributed by atoms with Crippen molar-refractivity contribution in [2.45, 2.75) is 39.2 Å². The average molecular weight is 332 g/mol. The highest BCUT2D eigenvalue weighted by Gasteiger charge is 2.10. The van der Waals surface area contributed by atoms with Crippen LogP contribution < -0.4 is 10.6 Å². The second-order valence-electron chi connectivity index (χ2n) is 6.48. The Balaban J connectivity index is 1.79. The molecule has 1 heterocycles. The van der Waals surface area contributed by atoms with Crippen LogP contribution in [0.15, 0.2) is 29.3 Å². The molecule has 0 amide bonds. The van der Waals surface area contributed by atoms with Crippen molar-refractivity contribution < 1.29 is 5.11 Å². The number of aliphatic hydroxyl groups is 1. The number of hydrogen-bond donors (Lipinski definition) is 3. The Labute approximate surface area is 146 Å². The second kappa shape index (κ2) is 10.3. The number of piperidine rings is 1. The molecule has 1 saturated heterocycles. The van der Waals surface area contributed by atoms with Crippen LogP contribution in [0.3, 0.4) is 0 Å². The van der Waals surface area contributed by atoms with Crippen LogP contribution >= 0.6 is 0 Å². The lowest BCUT2D eigenvalue weighted by atomic mass is 10.1. The van der Waals surface area contributed by atoms with Gasteiger partial charge < -0.3 is 20.6 Å². The zero-order valence-corrected chi connectivity index (χ0v) is 15.1. The van der Waals surface area contributed by atoms with Gasteiger partial charge in [0.2, 0.25) is 0 Å². The zero-order valence-electron chi connectivity index (χ0n) is 15.1. The van der Waals surface area contributed by atoms with Gasteiger partial charge in [0.25, 0.3) is 0 Å². The predicted molar refractivity (Wildman–Crippen MR) is 100 cm³/mol. The summed E-state index contributed by atoms with van der Waals surface area (Å²) in [5, 5.41) is 16.9. The van der Waals surface area contributed by atoms with Crippen molar-refractivity contribution in [2.24, 2.45) is 4.99 Å². The first-order chi connectivity index (χ1) is 11.7. The number of nitrogens with zero attached hydrogens (tertiary/aromatic N) is 2. The van der Waals surface area contributed by atoms with Crippen molar-refractivity contribution in [1.29, 1.82) is 0 Å². The van der Waals surface area contributed by atoms with Crippen LogP contribution in [0.1, 0.15) is 43.4 Å². The fourth-order valence-corrected chi connectivity index (χ4v) is 2.93. The van der Waals surface area contributed by atoms with Gasteiger partial charge in [-0.2, -0.15) is 0 Å². The Morgan fingerprint density at radius 3 is 2.54 bits per heavy atom. The molecule has 0 aromatic heterocycles. The fraction of sp³-hybridized carbons (Fsp3) is 0.632. The third kappa shape index (κ3) is 6.49. The molecule has 0 bridgehead atoms. The van der Waals surface area contributed by atoms with Gasteiger partial charge in [-0.15, -0.1) is 0 Å². The van der Waals surface area contributed by atoms with Crippen LogP contribution in [0.5, 0.6) is 0 Å². The van der Waals surface area contributed by atoms with Crippen molar-refractivity contribution in [2.75, 3.05) is 39.3 Å². The molecule has 1 aromatic carbocycles. The van der Waals surface area contributed by atoms with Crippen LogP contribution in [0.25, 0.3) is 0 Å². The van der Waals surface area contributed by atoms with E-state index in [-0.39, 0.29) is 0 Å². The maximum Gasteiger partial charge on any atom is 0.191 e. The largest absolute Gasteiger partial charge is 0.386 e. The molecule has 1 aliphatic rings. The highest BCUT2D eigenvalue weighted by molar-refractivity contribution is 5.79. The first kappa shape index (κ1) is 18.7. The van der Waals surface area contributed by atoms with E-state index in [1.54, 1.807) is 0 Å². The van der Waals surface area contributed by atoms with Crippen molar-refractivity contribution >= 4 is 5.96 Å². The Kier molecular flexibility index (Phi) is 8.05. The number of nitrogens with one attached hydrogen (secondary N) is 2. The smallest absolute Gasteiger partial charge is 0.191 e. The van der Waals surface area contributed by atoms with Crippen molar-refractivity contribution in [3.63, 3.8) is 0 Å². The van der Waals surface area contributed by atoms with E-state index < -0.39 is 6.10 Å². The quantitative estimate of drug-likeness (QED) is 0.528.